The van der Waals surface area contributed by atoms with Gasteiger partial charge in [0.05, 0.1) is 5.69 Å². The van der Waals surface area contributed by atoms with Gasteiger partial charge in [0.15, 0.2) is 0 Å². The topological polar surface area (TPSA) is 49.6 Å². The van der Waals surface area contributed by atoms with E-state index in [4.69, 9.17) is 0 Å². The summed E-state index contributed by atoms with van der Waals surface area (Å²) in [7, 11) is 2.01. The van der Waals surface area contributed by atoms with Crippen LogP contribution in [0.3, 0.4) is 0 Å². The van der Waals surface area contributed by atoms with E-state index in [0.717, 1.165) is 43.4 Å². The van der Waals surface area contributed by atoms with Gasteiger partial charge in [-0.2, -0.15) is 0 Å². The lowest BCUT2D eigenvalue weighted by atomic mass is 9.93. The molecule has 0 saturated carbocycles. The molecule has 2 aromatic rings. The zero-order valence-corrected chi connectivity index (χ0v) is 13.2. The molecule has 5 heteroatoms. The van der Waals surface area contributed by atoms with E-state index < -0.39 is 0 Å². The van der Waals surface area contributed by atoms with Gasteiger partial charge in [0.1, 0.15) is 5.65 Å². The minimum atomic E-state index is 0.00417. The average molecular weight is 300 g/mol. The van der Waals surface area contributed by atoms with Crippen molar-refractivity contribution in [2.75, 3.05) is 26.7 Å². The molecule has 3 heterocycles. The molecule has 0 atom stereocenters. The van der Waals surface area contributed by atoms with Crippen LogP contribution in [0.5, 0.6) is 0 Å². The number of aromatic nitrogens is 2. The van der Waals surface area contributed by atoms with Crippen molar-refractivity contribution < 1.29 is 0 Å². The predicted octanol–water partition coefficient (Wildman–Crippen LogP) is 1.52. The summed E-state index contributed by atoms with van der Waals surface area (Å²) in [6.07, 6.45) is 5.52. The SMILES string of the molecule is CNCCC1CCN(Cc2cc(=O)n3ccccc3n2)CC1. The van der Waals surface area contributed by atoms with Gasteiger partial charge in [0.25, 0.3) is 5.56 Å². The normalized spacial score (nSPS) is 17.1. The smallest absolute Gasteiger partial charge is 0.258 e. The largest absolute Gasteiger partial charge is 0.320 e. The molecule has 1 aliphatic heterocycles. The van der Waals surface area contributed by atoms with Gasteiger partial charge >= 0.3 is 0 Å². The van der Waals surface area contributed by atoms with Crippen LogP contribution in [0.1, 0.15) is 25.0 Å². The van der Waals surface area contributed by atoms with Crippen molar-refractivity contribution in [3.63, 3.8) is 0 Å². The Morgan fingerprint density at radius 2 is 2.14 bits per heavy atom. The van der Waals surface area contributed by atoms with Gasteiger partial charge in [-0.1, -0.05) is 6.07 Å². The molecule has 0 amide bonds. The van der Waals surface area contributed by atoms with Gasteiger partial charge in [0, 0.05) is 18.8 Å². The van der Waals surface area contributed by atoms with E-state index in [1.54, 1.807) is 16.7 Å². The third kappa shape index (κ3) is 3.54. The lowest BCUT2D eigenvalue weighted by Crippen LogP contribution is -2.34. The number of nitrogens with one attached hydrogen (secondary N) is 1. The molecule has 2 aromatic heterocycles. The van der Waals surface area contributed by atoms with E-state index in [1.807, 2.05) is 25.2 Å². The molecule has 1 saturated heterocycles. The quantitative estimate of drug-likeness (QED) is 0.909. The van der Waals surface area contributed by atoms with Gasteiger partial charge in [0.2, 0.25) is 0 Å². The Balaban J connectivity index is 1.63. The second kappa shape index (κ2) is 7.03. The van der Waals surface area contributed by atoms with Crippen LogP contribution >= 0.6 is 0 Å². The maximum Gasteiger partial charge on any atom is 0.258 e. The van der Waals surface area contributed by atoms with Gasteiger partial charge in [-0.05, 0) is 64.0 Å². The molecule has 22 heavy (non-hydrogen) atoms. The summed E-state index contributed by atoms with van der Waals surface area (Å²) >= 11 is 0. The number of pyridine rings is 1. The molecule has 3 rings (SSSR count). The first-order valence-electron chi connectivity index (χ1n) is 8.10. The van der Waals surface area contributed by atoms with Crippen molar-refractivity contribution in [1.29, 1.82) is 0 Å². The van der Waals surface area contributed by atoms with Crippen LogP contribution in [-0.2, 0) is 6.54 Å². The van der Waals surface area contributed by atoms with Crippen LogP contribution in [0.2, 0.25) is 0 Å². The monoisotopic (exact) mass is 300 g/mol. The second-order valence-electron chi connectivity index (χ2n) is 6.13. The van der Waals surface area contributed by atoms with E-state index in [9.17, 15) is 4.79 Å². The predicted molar refractivity (Wildman–Crippen MR) is 88.0 cm³/mol. The summed E-state index contributed by atoms with van der Waals surface area (Å²) in [5.74, 6) is 0.832. The van der Waals surface area contributed by atoms with E-state index in [2.05, 4.69) is 15.2 Å². The minimum Gasteiger partial charge on any atom is -0.320 e. The number of nitrogens with zero attached hydrogens (tertiary/aromatic N) is 3. The summed E-state index contributed by atoms with van der Waals surface area (Å²) in [5.41, 5.74) is 1.61. The van der Waals surface area contributed by atoms with Crippen molar-refractivity contribution in [3.05, 3.63) is 46.5 Å². The Labute approximate surface area is 131 Å². The standard InChI is InChI=1S/C17H24N4O/c1-18-8-5-14-6-10-20(11-7-14)13-15-12-17(22)21-9-3-2-4-16(21)19-15/h2-4,9,12,14,18H,5-8,10-11,13H2,1H3. The van der Waals surface area contributed by atoms with E-state index in [-0.39, 0.29) is 5.56 Å². The first-order chi connectivity index (χ1) is 10.8. The lowest BCUT2D eigenvalue weighted by molar-refractivity contribution is 0.171. The number of hydrogen-bond donors (Lipinski definition) is 1. The zero-order chi connectivity index (χ0) is 15.4. The molecule has 0 unspecified atom stereocenters. The zero-order valence-electron chi connectivity index (χ0n) is 13.2. The first-order valence-corrected chi connectivity index (χ1v) is 8.10. The van der Waals surface area contributed by atoms with Crippen molar-refractivity contribution in [2.24, 2.45) is 5.92 Å². The van der Waals surface area contributed by atoms with Crippen LogP contribution in [0.25, 0.3) is 5.65 Å². The van der Waals surface area contributed by atoms with Crippen molar-refractivity contribution in [2.45, 2.75) is 25.8 Å². The fraction of sp³-hybridized carbons (Fsp3) is 0.529. The van der Waals surface area contributed by atoms with Gasteiger partial charge in [-0.15, -0.1) is 0 Å². The molecule has 5 nitrogen and oxygen atoms in total. The molecule has 0 aromatic carbocycles. The lowest BCUT2D eigenvalue weighted by Gasteiger charge is -2.31. The summed E-state index contributed by atoms with van der Waals surface area (Å²) < 4.78 is 1.59. The van der Waals surface area contributed by atoms with Crippen LogP contribution in [0, 0.1) is 5.92 Å². The molecule has 1 N–H and O–H groups in total. The second-order valence-corrected chi connectivity index (χ2v) is 6.13. The molecule has 1 fully saturated rings. The number of hydrogen-bond acceptors (Lipinski definition) is 4. The number of rotatable bonds is 5. The van der Waals surface area contributed by atoms with Crippen LogP contribution < -0.4 is 10.9 Å². The highest BCUT2D eigenvalue weighted by Gasteiger charge is 2.19. The third-order valence-electron chi connectivity index (χ3n) is 4.52. The van der Waals surface area contributed by atoms with Crippen LogP contribution in [-0.4, -0.2) is 41.0 Å². The van der Waals surface area contributed by atoms with Gasteiger partial charge in [-0.3, -0.25) is 14.1 Å². The third-order valence-corrected chi connectivity index (χ3v) is 4.52. The van der Waals surface area contributed by atoms with Crippen molar-refractivity contribution in [1.82, 2.24) is 19.6 Å². The van der Waals surface area contributed by atoms with E-state index in [0.29, 0.717) is 0 Å². The maximum atomic E-state index is 12.1. The highest BCUT2D eigenvalue weighted by atomic mass is 16.1. The van der Waals surface area contributed by atoms with Crippen molar-refractivity contribution in [3.8, 4) is 0 Å². The highest BCUT2D eigenvalue weighted by Crippen LogP contribution is 2.20. The number of fused-ring (bicyclic) bond motifs is 1. The summed E-state index contributed by atoms with van der Waals surface area (Å²) in [6, 6.07) is 7.32. The molecule has 0 bridgehead atoms. The fourth-order valence-corrected chi connectivity index (χ4v) is 3.19. The van der Waals surface area contributed by atoms with Crippen LogP contribution in [0.15, 0.2) is 35.3 Å². The van der Waals surface area contributed by atoms with E-state index in [1.165, 1.54) is 19.3 Å². The fourth-order valence-electron chi connectivity index (χ4n) is 3.19. The molecule has 1 aliphatic rings. The Morgan fingerprint density at radius 3 is 2.91 bits per heavy atom. The summed E-state index contributed by atoms with van der Waals surface area (Å²) in [4.78, 5) is 19.1. The Bertz CT molecular complexity index is 674. The Kier molecular flexibility index (Phi) is 4.85. The molecular weight excluding hydrogens is 276 g/mol. The highest BCUT2D eigenvalue weighted by molar-refractivity contribution is 5.37. The molecular formula is C17H24N4O. The van der Waals surface area contributed by atoms with E-state index >= 15 is 0 Å². The summed E-state index contributed by atoms with van der Waals surface area (Å²) in [5, 5.41) is 3.23. The van der Waals surface area contributed by atoms with Crippen molar-refractivity contribution >= 4 is 5.65 Å². The average Bonchev–Trinajstić information content (AvgIpc) is 2.54. The summed E-state index contributed by atoms with van der Waals surface area (Å²) in [6.45, 7) is 4.08. The minimum absolute atomic E-state index is 0.00417. The molecule has 0 aliphatic carbocycles. The van der Waals surface area contributed by atoms with Gasteiger partial charge in [-0.25, -0.2) is 4.98 Å². The Morgan fingerprint density at radius 1 is 1.32 bits per heavy atom. The van der Waals surface area contributed by atoms with Gasteiger partial charge < -0.3 is 5.32 Å². The first kappa shape index (κ1) is 15.2. The number of piperidine rings is 1. The molecule has 0 radical (unpaired) electrons. The maximum absolute atomic E-state index is 12.1. The van der Waals surface area contributed by atoms with Crippen LogP contribution in [0.4, 0.5) is 0 Å². The Hall–Kier alpha value is -1.72. The molecule has 0 spiro atoms. The number of likely N-dealkylation sites (tertiary alicyclic amines) is 1. The molecule has 118 valence electrons.